The van der Waals surface area contributed by atoms with Crippen LogP contribution in [0.3, 0.4) is 0 Å². The lowest BCUT2D eigenvalue weighted by molar-refractivity contribution is -0.117. The van der Waals surface area contributed by atoms with Crippen LogP contribution in [0, 0.1) is 13.8 Å². The van der Waals surface area contributed by atoms with Gasteiger partial charge in [0.05, 0.1) is 17.9 Å². The van der Waals surface area contributed by atoms with Crippen molar-refractivity contribution in [3.63, 3.8) is 0 Å². The second kappa shape index (κ2) is 7.80. The fourth-order valence-electron chi connectivity index (χ4n) is 3.87. The van der Waals surface area contributed by atoms with Gasteiger partial charge < -0.3 is 5.32 Å². The highest BCUT2D eigenvalue weighted by Crippen LogP contribution is 2.31. The molecule has 2 aromatic heterocycles. The van der Waals surface area contributed by atoms with Crippen LogP contribution in [0.25, 0.3) is 11.8 Å². The van der Waals surface area contributed by atoms with E-state index in [-0.39, 0.29) is 11.9 Å². The molecule has 0 aliphatic heterocycles. The van der Waals surface area contributed by atoms with Crippen LogP contribution in [0.2, 0.25) is 0 Å². The summed E-state index contributed by atoms with van der Waals surface area (Å²) < 4.78 is 2.03. The van der Waals surface area contributed by atoms with Crippen molar-refractivity contribution in [1.82, 2.24) is 20.1 Å². The maximum atomic E-state index is 12.4. The third-order valence-corrected chi connectivity index (χ3v) is 5.06. The van der Waals surface area contributed by atoms with Gasteiger partial charge in [0.2, 0.25) is 5.91 Å². The van der Waals surface area contributed by atoms with E-state index >= 15 is 0 Å². The van der Waals surface area contributed by atoms with Crippen LogP contribution in [0.1, 0.15) is 46.8 Å². The number of carbonyl (C=O) groups excluding carboxylic acids is 1. The highest BCUT2D eigenvalue weighted by molar-refractivity contribution is 5.92. The standard InChI is InChI=1S/C23H24N4O/c1-16-11-17(2)13-19(12-16)27-22-7-3-6-21(20(22)15-25-27)26-23(28)9-8-18-5-4-10-24-14-18/h4-5,8-15,21H,3,6-7H2,1-2H3,(H,26,28)/b9-8+/t21-/m0/s1. The molecule has 0 radical (unpaired) electrons. The summed E-state index contributed by atoms with van der Waals surface area (Å²) in [6.45, 7) is 4.20. The van der Waals surface area contributed by atoms with Gasteiger partial charge in [-0.25, -0.2) is 4.68 Å². The molecule has 2 heterocycles. The second-order valence-electron chi connectivity index (χ2n) is 7.38. The predicted molar refractivity (Wildman–Crippen MR) is 110 cm³/mol. The highest BCUT2D eigenvalue weighted by atomic mass is 16.1. The molecule has 3 aromatic rings. The van der Waals surface area contributed by atoms with E-state index in [1.165, 1.54) is 16.8 Å². The molecule has 1 N–H and O–H groups in total. The largest absolute Gasteiger partial charge is 0.346 e. The third-order valence-electron chi connectivity index (χ3n) is 5.06. The van der Waals surface area contributed by atoms with E-state index in [0.29, 0.717) is 0 Å². The number of rotatable bonds is 4. The predicted octanol–water partition coefficient (Wildman–Crippen LogP) is 4.09. The lowest BCUT2D eigenvalue weighted by Crippen LogP contribution is -2.29. The van der Waals surface area contributed by atoms with Crippen LogP contribution in [0.5, 0.6) is 0 Å². The van der Waals surface area contributed by atoms with Crippen molar-refractivity contribution in [3.8, 4) is 5.69 Å². The van der Waals surface area contributed by atoms with Crippen molar-refractivity contribution in [2.75, 3.05) is 0 Å². The summed E-state index contributed by atoms with van der Waals surface area (Å²) in [6, 6.07) is 10.2. The minimum absolute atomic E-state index is 0.00513. The first-order chi connectivity index (χ1) is 13.6. The molecule has 28 heavy (non-hydrogen) atoms. The molecule has 0 saturated heterocycles. The van der Waals surface area contributed by atoms with E-state index in [1.54, 1.807) is 24.5 Å². The number of hydrogen-bond donors (Lipinski definition) is 1. The van der Waals surface area contributed by atoms with Crippen molar-refractivity contribution in [3.05, 3.63) is 82.9 Å². The van der Waals surface area contributed by atoms with E-state index < -0.39 is 0 Å². The molecule has 0 unspecified atom stereocenters. The number of benzene rings is 1. The summed E-state index contributed by atoms with van der Waals surface area (Å²) in [4.78, 5) is 16.5. The average molecular weight is 372 g/mol. The third kappa shape index (κ3) is 3.88. The van der Waals surface area contributed by atoms with Crippen LogP contribution in [0.15, 0.2) is 55.0 Å². The van der Waals surface area contributed by atoms with E-state index in [2.05, 4.69) is 47.4 Å². The smallest absolute Gasteiger partial charge is 0.244 e. The number of aromatic nitrogens is 3. The number of carbonyl (C=O) groups is 1. The number of nitrogens with zero attached hydrogens (tertiary/aromatic N) is 3. The SMILES string of the molecule is Cc1cc(C)cc(-n2ncc3c2CCC[C@@H]3NC(=O)/C=C/c2cccnc2)c1. The molecule has 0 saturated carbocycles. The number of amides is 1. The van der Waals surface area contributed by atoms with Gasteiger partial charge in [-0.15, -0.1) is 0 Å². The van der Waals surface area contributed by atoms with Gasteiger partial charge in [-0.05, 0) is 74.1 Å². The van der Waals surface area contributed by atoms with Crippen molar-refractivity contribution >= 4 is 12.0 Å². The number of nitrogens with one attached hydrogen (secondary N) is 1. The number of fused-ring (bicyclic) bond motifs is 1. The Morgan fingerprint density at radius 1 is 1.21 bits per heavy atom. The van der Waals surface area contributed by atoms with Gasteiger partial charge >= 0.3 is 0 Å². The summed E-state index contributed by atoms with van der Waals surface area (Å²) in [5.41, 5.74) is 6.75. The van der Waals surface area contributed by atoms with Gasteiger partial charge in [-0.2, -0.15) is 5.10 Å². The Morgan fingerprint density at radius 2 is 2.04 bits per heavy atom. The van der Waals surface area contributed by atoms with Crippen molar-refractivity contribution in [2.45, 2.75) is 39.2 Å². The van der Waals surface area contributed by atoms with Crippen LogP contribution in [-0.4, -0.2) is 20.7 Å². The van der Waals surface area contributed by atoms with E-state index in [1.807, 2.05) is 23.0 Å². The molecule has 5 heteroatoms. The molecule has 1 amide bonds. The molecule has 4 rings (SSSR count). The van der Waals surface area contributed by atoms with Crippen LogP contribution in [0.4, 0.5) is 0 Å². The molecule has 1 aliphatic rings. The molecule has 0 spiro atoms. The Balaban J connectivity index is 1.54. The second-order valence-corrected chi connectivity index (χ2v) is 7.38. The highest BCUT2D eigenvalue weighted by Gasteiger charge is 2.25. The van der Waals surface area contributed by atoms with Crippen molar-refractivity contribution < 1.29 is 4.79 Å². The van der Waals surface area contributed by atoms with Gasteiger partial charge in [0, 0.05) is 29.7 Å². The van der Waals surface area contributed by atoms with E-state index in [4.69, 9.17) is 0 Å². The van der Waals surface area contributed by atoms with Crippen LogP contribution >= 0.6 is 0 Å². The van der Waals surface area contributed by atoms with Crippen LogP contribution in [-0.2, 0) is 11.2 Å². The monoisotopic (exact) mass is 372 g/mol. The van der Waals surface area contributed by atoms with E-state index in [9.17, 15) is 4.79 Å². The lowest BCUT2D eigenvalue weighted by atomic mass is 9.92. The Labute approximate surface area is 165 Å². The van der Waals surface area contributed by atoms with E-state index in [0.717, 1.165) is 36.1 Å². The fourth-order valence-corrected chi connectivity index (χ4v) is 3.87. The lowest BCUT2D eigenvalue weighted by Gasteiger charge is -2.24. The molecular formula is C23H24N4O. The van der Waals surface area contributed by atoms with Gasteiger partial charge in [-0.1, -0.05) is 12.1 Å². The first kappa shape index (κ1) is 18.2. The minimum atomic E-state index is -0.0964. The molecule has 142 valence electrons. The first-order valence-corrected chi connectivity index (χ1v) is 9.64. The molecule has 0 bridgehead atoms. The number of hydrogen-bond acceptors (Lipinski definition) is 3. The zero-order valence-electron chi connectivity index (χ0n) is 16.2. The Morgan fingerprint density at radius 3 is 2.79 bits per heavy atom. The molecule has 5 nitrogen and oxygen atoms in total. The zero-order chi connectivity index (χ0) is 19.5. The molecular weight excluding hydrogens is 348 g/mol. The summed E-state index contributed by atoms with van der Waals surface area (Å²) in [7, 11) is 0. The van der Waals surface area contributed by atoms with Gasteiger partial charge in [0.15, 0.2) is 0 Å². The van der Waals surface area contributed by atoms with Crippen molar-refractivity contribution in [1.29, 1.82) is 0 Å². The van der Waals surface area contributed by atoms with Gasteiger partial charge in [0.25, 0.3) is 0 Å². The average Bonchev–Trinajstić information content (AvgIpc) is 3.12. The molecule has 1 atom stereocenters. The zero-order valence-corrected chi connectivity index (χ0v) is 16.2. The Bertz CT molecular complexity index is 1000. The minimum Gasteiger partial charge on any atom is -0.346 e. The Kier molecular flexibility index (Phi) is 5.06. The van der Waals surface area contributed by atoms with Gasteiger partial charge in [-0.3, -0.25) is 9.78 Å². The summed E-state index contributed by atoms with van der Waals surface area (Å²) >= 11 is 0. The maximum absolute atomic E-state index is 12.4. The number of aryl methyl sites for hydroxylation is 2. The molecule has 1 aromatic carbocycles. The molecule has 1 aliphatic carbocycles. The summed E-state index contributed by atoms with van der Waals surface area (Å²) in [5, 5.41) is 7.77. The topological polar surface area (TPSA) is 59.8 Å². The maximum Gasteiger partial charge on any atom is 0.244 e. The fraction of sp³-hybridized carbons (Fsp3) is 0.261. The summed E-state index contributed by atoms with van der Waals surface area (Å²) in [6.07, 6.45) is 11.6. The summed E-state index contributed by atoms with van der Waals surface area (Å²) in [5.74, 6) is -0.0964. The van der Waals surface area contributed by atoms with Crippen LogP contribution < -0.4 is 5.32 Å². The van der Waals surface area contributed by atoms with Crippen molar-refractivity contribution in [2.24, 2.45) is 0 Å². The normalized spacial score (nSPS) is 16.1. The number of pyridine rings is 1. The Hall–Kier alpha value is -3.21. The van der Waals surface area contributed by atoms with Gasteiger partial charge in [0.1, 0.15) is 0 Å². The first-order valence-electron chi connectivity index (χ1n) is 9.64. The molecule has 0 fully saturated rings. The quantitative estimate of drug-likeness (QED) is 0.702.